The van der Waals surface area contributed by atoms with Gasteiger partial charge in [-0.3, -0.25) is 9.52 Å². The highest BCUT2D eigenvalue weighted by Crippen LogP contribution is 2.31. The zero-order chi connectivity index (χ0) is 26.4. The molecule has 0 bridgehead atoms. The molecule has 37 heavy (non-hydrogen) atoms. The van der Waals surface area contributed by atoms with Crippen LogP contribution in [0.3, 0.4) is 0 Å². The zero-order valence-electron chi connectivity index (χ0n) is 20.2. The molecule has 11 heteroatoms. The summed E-state index contributed by atoms with van der Waals surface area (Å²) in [5.74, 6) is -0.144. The van der Waals surface area contributed by atoms with Crippen LogP contribution >= 0.6 is 0 Å². The summed E-state index contributed by atoms with van der Waals surface area (Å²) in [5.41, 5.74) is 1.27. The molecular weight excluding hydrogens is 500 g/mol. The van der Waals surface area contributed by atoms with E-state index in [1.807, 2.05) is 19.1 Å². The number of methoxy groups -OCH3 is 1. The van der Waals surface area contributed by atoms with Crippen molar-refractivity contribution in [3.63, 3.8) is 0 Å². The van der Waals surface area contributed by atoms with E-state index >= 15 is 0 Å². The number of ether oxygens (including phenoxy) is 4. The highest BCUT2D eigenvalue weighted by Gasteiger charge is 2.24. The van der Waals surface area contributed by atoms with Gasteiger partial charge in [0.2, 0.25) is 0 Å². The van der Waals surface area contributed by atoms with E-state index in [9.17, 15) is 18.0 Å². The number of hydrogen-bond acceptors (Lipinski definition) is 8. The van der Waals surface area contributed by atoms with E-state index in [2.05, 4.69) is 10.0 Å². The second kappa shape index (κ2) is 11.2. The molecule has 4 rings (SSSR count). The first-order chi connectivity index (χ1) is 17.7. The third kappa shape index (κ3) is 6.50. The third-order valence-corrected chi connectivity index (χ3v) is 6.82. The van der Waals surface area contributed by atoms with Crippen LogP contribution in [0.5, 0.6) is 17.2 Å². The highest BCUT2D eigenvalue weighted by atomic mass is 32.2. The van der Waals surface area contributed by atoms with Gasteiger partial charge in [0.1, 0.15) is 23.4 Å². The van der Waals surface area contributed by atoms with E-state index in [4.69, 9.17) is 18.9 Å². The summed E-state index contributed by atoms with van der Waals surface area (Å²) in [7, 11) is -2.76. The Labute approximate surface area is 214 Å². The summed E-state index contributed by atoms with van der Waals surface area (Å²) in [6.07, 6.45) is -0.398. The Kier molecular flexibility index (Phi) is 7.83. The van der Waals surface area contributed by atoms with Crippen molar-refractivity contribution < 1.29 is 37.0 Å². The van der Waals surface area contributed by atoms with E-state index in [-0.39, 0.29) is 29.4 Å². The van der Waals surface area contributed by atoms with Crippen LogP contribution < -0.4 is 24.2 Å². The van der Waals surface area contributed by atoms with Crippen LogP contribution in [0, 0.1) is 6.92 Å². The van der Waals surface area contributed by atoms with E-state index in [1.165, 1.54) is 19.2 Å². The molecule has 0 fully saturated rings. The number of carbonyl (C=O) groups is 2. The molecule has 10 nitrogen and oxygen atoms in total. The van der Waals surface area contributed by atoms with Gasteiger partial charge in [0.15, 0.2) is 18.1 Å². The molecule has 1 amide bonds. The molecule has 1 aliphatic heterocycles. The number of hydrogen-bond donors (Lipinski definition) is 2. The average molecular weight is 527 g/mol. The van der Waals surface area contributed by atoms with Gasteiger partial charge in [-0.15, -0.1) is 0 Å². The van der Waals surface area contributed by atoms with Crippen molar-refractivity contribution in [1.82, 2.24) is 5.32 Å². The standard InChI is InChI=1S/C26H26N2O8S/c1-17-7-10-19(11-8-17)28-37(31,32)24-13-18(9-12-23(24)33-2)26(30)35-16-25(29)27-14-20-15-34-21-5-3-4-6-22(21)36-20/h3-13,20,28H,14-16H2,1-2H3,(H,27,29). The van der Waals surface area contributed by atoms with Gasteiger partial charge in [0.25, 0.3) is 15.9 Å². The minimum Gasteiger partial charge on any atom is -0.495 e. The molecule has 3 aromatic rings. The molecule has 0 aliphatic carbocycles. The minimum absolute atomic E-state index is 0.0465. The summed E-state index contributed by atoms with van der Waals surface area (Å²) in [6, 6.07) is 17.8. The van der Waals surface area contributed by atoms with Gasteiger partial charge in [0, 0.05) is 5.69 Å². The molecule has 0 spiro atoms. The van der Waals surface area contributed by atoms with Gasteiger partial charge < -0.3 is 24.3 Å². The Morgan fingerprint density at radius 2 is 1.76 bits per heavy atom. The fourth-order valence-corrected chi connectivity index (χ4v) is 4.76. The van der Waals surface area contributed by atoms with Crippen LogP contribution in [0.2, 0.25) is 0 Å². The highest BCUT2D eigenvalue weighted by molar-refractivity contribution is 7.92. The van der Waals surface area contributed by atoms with Crippen LogP contribution in [0.4, 0.5) is 5.69 Å². The molecule has 0 saturated heterocycles. The quantitative estimate of drug-likeness (QED) is 0.407. The first-order valence-corrected chi connectivity index (χ1v) is 12.8. The molecule has 3 aromatic carbocycles. The third-order valence-electron chi connectivity index (χ3n) is 5.42. The molecular formula is C26H26N2O8S. The number of para-hydroxylation sites is 2. The van der Waals surface area contributed by atoms with Gasteiger partial charge >= 0.3 is 5.97 Å². The lowest BCUT2D eigenvalue weighted by molar-refractivity contribution is -0.124. The topological polar surface area (TPSA) is 129 Å². The Morgan fingerprint density at radius 3 is 2.49 bits per heavy atom. The van der Waals surface area contributed by atoms with Crippen molar-refractivity contribution in [2.75, 3.05) is 31.6 Å². The molecule has 1 aliphatic rings. The predicted molar refractivity (Wildman–Crippen MR) is 135 cm³/mol. The fourth-order valence-electron chi connectivity index (χ4n) is 3.50. The SMILES string of the molecule is COc1ccc(C(=O)OCC(=O)NCC2COc3ccccc3O2)cc1S(=O)(=O)Nc1ccc(C)cc1. The molecule has 1 unspecified atom stereocenters. The second-order valence-electron chi connectivity index (χ2n) is 8.21. The fraction of sp³-hybridized carbons (Fsp3) is 0.231. The van der Waals surface area contributed by atoms with E-state index in [0.29, 0.717) is 17.2 Å². The van der Waals surface area contributed by atoms with E-state index < -0.39 is 34.6 Å². The van der Waals surface area contributed by atoms with Gasteiger partial charge in [-0.25, -0.2) is 13.2 Å². The normalized spacial score (nSPS) is 14.4. The number of esters is 1. The number of benzene rings is 3. The molecule has 1 atom stereocenters. The molecule has 194 valence electrons. The maximum atomic E-state index is 13.0. The predicted octanol–water partition coefficient (Wildman–Crippen LogP) is 2.92. The van der Waals surface area contributed by atoms with Crippen LogP contribution in [-0.2, 0) is 19.6 Å². The number of sulfonamides is 1. The number of amides is 1. The van der Waals surface area contributed by atoms with Crippen molar-refractivity contribution in [3.8, 4) is 17.2 Å². The first-order valence-electron chi connectivity index (χ1n) is 11.3. The van der Waals surface area contributed by atoms with Crippen LogP contribution in [0.25, 0.3) is 0 Å². The first kappa shape index (κ1) is 25.8. The summed E-state index contributed by atoms with van der Waals surface area (Å²) < 4.78 is 50.1. The molecule has 0 saturated carbocycles. The van der Waals surface area contributed by atoms with Gasteiger partial charge in [-0.2, -0.15) is 0 Å². The Balaban J connectivity index is 1.34. The second-order valence-corrected chi connectivity index (χ2v) is 9.87. The van der Waals surface area contributed by atoms with Gasteiger partial charge in [0.05, 0.1) is 19.2 Å². The summed E-state index contributed by atoms with van der Waals surface area (Å²) in [5, 5.41) is 2.63. The maximum Gasteiger partial charge on any atom is 0.338 e. The Hall–Kier alpha value is -4.25. The van der Waals surface area contributed by atoms with Crippen molar-refractivity contribution in [2.24, 2.45) is 0 Å². The van der Waals surface area contributed by atoms with Crippen molar-refractivity contribution in [2.45, 2.75) is 17.9 Å². The van der Waals surface area contributed by atoms with Crippen molar-refractivity contribution in [3.05, 3.63) is 77.9 Å². The molecule has 0 aromatic heterocycles. The van der Waals surface area contributed by atoms with Crippen molar-refractivity contribution in [1.29, 1.82) is 0 Å². The smallest absolute Gasteiger partial charge is 0.338 e. The van der Waals surface area contributed by atoms with E-state index in [0.717, 1.165) is 11.6 Å². The average Bonchev–Trinajstić information content (AvgIpc) is 2.91. The Morgan fingerprint density at radius 1 is 1.03 bits per heavy atom. The molecule has 2 N–H and O–H groups in total. The summed E-state index contributed by atoms with van der Waals surface area (Å²) in [4.78, 5) is 24.5. The number of carbonyl (C=O) groups excluding carboxylic acids is 2. The maximum absolute atomic E-state index is 13.0. The molecule has 1 heterocycles. The lowest BCUT2D eigenvalue weighted by Crippen LogP contribution is -2.42. The number of aryl methyl sites for hydroxylation is 1. The summed E-state index contributed by atoms with van der Waals surface area (Å²) >= 11 is 0. The zero-order valence-corrected chi connectivity index (χ0v) is 21.0. The minimum atomic E-state index is -4.09. The monoisotopic (exact) mass is 526 g/mol. The van der Waals surface area contributed by atoms with Gasteiger partial charge in [-0.1, -0.05) is 29.8 Å². The number of fused-ring (bicyclic) bond motifs is 1. The lowest BCUT2D eigenvalue weighted by atomic mass is 10.2. The lowest BCUT2D eigenvalue weighted by Gasteiger charge is -2.26. The summed E-state index contributed by atoms with van der Waals surface area (Å²) in [6.45, 7) is 1.74. The van der Waals surface area contributed by atoms with Crippen LogP contribution in [0.15, 0.2) is 71.6 Å². The number of nitrogens with one attached hydrogen (secondary N) is 2. The Bertz CT molecular complexity index is 1390. The van der Waals surface area contributed by atoms with Gasteiger partial charge in [-0.05, 0) is 49.4 Å². The number of anilines is 1. The van der Waals surface area contributed by atoms with Crippen LogP contribution in [0.1, 0.15) is 15.9 Å². The van der Waals surface area contributed by atoms with Crippen LogP contribution in [-0.4, -0.2) is 53.3 Å². The van der Waals surface area contributed by atoms with Crippen molar-refractivity contribution >= 4 is 27.6 Å². The number of rotatable bonds is 9. The molecule has 0 radical (unpaired) electrons. The largest absolute Gasteiger partial charge is 0.495 e. The van der Waals surface area contributed by atoms with E-state index in [1.54, 1.807) is 36.4 Å².